The molecule has 0 amide bonds. The summed E-state index contributed by atoms with van der Waals surface area (Å²) in [5.41, 5.74) is -2.69. The summed E-state index contributed by atoms with van der Waals surface area (Å²) in [7, 11) is 2.45. The normalized spacial score (nSPS) is 12.2. The molecule has 0 aromatic carbocycles. The van der Waals surface area contributed by atoms with Crippen LogP contribution in [0.2, 0.25) is 0 Å². The van der Waals surface area contributed by atoms with Crippen molar-refractivity contribution in [1.82, 2.24) is 24.8 Å². The van der Waals surface area contributed by atoms with Gasteiger partial charge in [-0.05, 0) is 13.8 Å². The maximum atomic E-state index is 12.3. The first-order valence-corrected chi connectivity index (χ1v) is 6.65. The van der Waals surface area contributed by atoms with Crippen LogP contribution in [0.3, 0.4) is 0 Å². The van der Waals surface area contributed by atoms with Crippen LogP contribution in [0, 0.1) is 13.8 Å². The predicted molar refractivity (Wildman–Crippen MR) is 70.3 cm³/mol. The number of rotatable bonds is 2. The van der Waals surface area contributed by atoms with Crippen molar-refractivity contribution < 1.29 is 39.9 Å². The van der Waals surface area contributed by atoms with Crippen molar-refractivity contribution in [2.75, 3.05) is 0 Å². The molecule has 2 aromatic heterocycles. The third-order valence-corrected chi connectivity index (χ3v) is 2.84. The van der Waals surface area contributed by atoms with Gasteiger partial charge in [-0.3, -0.25) is 0 Å². The fourth-order valence-corrected chi connectivity index (χ4v) is 1.90. The van der Waals surface area contributed by atoms with E-state index in [9.17, 15) is 35.1 Å². The Morgan fingerprint density at radius 2 is 1.35 bits per heavy atom. The van der Waals surface area contributed by atoms with E-state index in [-0.39, 0.29) is 5.69 Å². The molecule has 0 atom stereocenters. The molecule has 0 aliphatic heterocycles. The molecule has 0 saturated heterocycles. The van der Waals surface area contributed by atoms with Gasteiger partial charge in [-0.1, -0.05) is 0 Å². The summed E-state index contributed by atoms with van der Waals surface area (Å²) in [5, 5.41) is 9.69. The Bertz CT molecular complexity index is 746. The number of alkyl halides is 8. The lowest BCUT2D eigenvalue weighted by atomic mass is 10.2. The molecule has 0 bridgehead atoms. The van der Waals surface area contributed by atoms with Gasteiger partial charge >= 0.3 is 19.0 Å². The van der Waals surface area contributed by atoms with Crippen LogP contribution < -0.4 is 4.74 Å². The number of hydrogen-bond acceptors (Lipinski definition) is 4. The van der Waals surface area contributed by atoms with Crippen molar-refractivity contribution in [3.8, 4) is 5.88 Å². The summed E-state index contributed by atoms with van der Waals surface area (Å²) in [6.45, 7) is -0.885. The lowest BCUT2D eigenvalue weighted by Gasteiger charge is -2.05. The topological polar surface area (TPSA) is 57.8 Å². The van der Waals surface area contributed by atoms with E-state index < -0.39 is 41.8 Å². The van der Waals surface area contributed by atoms with E-state index in [1.807, 2.05) is 0 Å². The summed E-state index contributed by atoms with van der Waals surface area (Å²) in [6, 6.07) is 0. The maximum absolute atomic E-state index is 12.3. The SMILES string of the molecule is Cc1c(C(F)(F)F)nn(C)c1OC(F)F.Cc1nn(C)nc1C(F)(F)F. The molecule has 0 N–H and O–H groups in total. The van der Waals surface area contributed by atoms with Gasteiger partial charge in [-0.15, -0.1) is 5.10 Å². The van der Waals surface area contributed by atoms with Crippen LogP contribution >= 0.6 is 0 Å². The number of nitrogens with zero attached hydrogens (tertiary/aromatic N) is 5. The molecule has 0 radical (unpaired) electrons. The van der Waals surface area contributed by atoms with Crippen LogP contribution in [0.15, 0.2) is 0 Å². The molecule has 0 fully saturated rings. The Morgan fingerprint density at radius 1 is 0.846 bits per heavy atom. The van der Waals surface area contributed by atoms with E-state index in [0.717, 1.165) is 18.8 Å². The van der Waals surface area contributed by atoms with Gasteiger partial charge in [0.25, 0.3) is 0 Å². The minimum atomic E-state index is -4.68. The van der Waals surface area contributed by atoms with Gasteiger partial charge in [-0.25, -0.2) is 4.68 Å². The van der Waals surface area contributed by atoms with Crippen LogP contribution in [0.5, 0.6) is 5.88 Å². The number of halogens is 8. The van der Waals surface area contributed by atoms with E-state index in [2.05, 4.69) is 20.0 Å². The van der Waals surface area contributed by atoms with E-state index in [0.29, 0.717) is 4.68 Å². The van der Waals surface area contributed by atoms with Crippen LogP contribution in [-0.4, -0.2) is 31.4 Å². The average Bonchev–Trinajstić information content (AvgIpc) is 2.92. The zero-order valence-corrected chi connectivity index (χ0v) is 13.7. The molecule has 148 valence electrons. The highest BCUT2D eigenvalue weighted by molar-refractivity contribution is 5.31. The number of hydrogen-bond donors (Lipinski definition) is 0. The third kappa shape index (κ3) is 5.29. The summed E-state index contributed by atoms with van der Waals surface area (Å²) >= 11 is 0. The first kappa shape index (κ1) is 21.6. The minimum Gasteiger partial charge on any atom is -0.417 e. The fraction of sp³-hybridized carbons (Fsp3) is 0.583. The number of aromatic nitrogens is 5. The molecular formula is C12H13F8N5O. The molecule has 2 rings (SSSR count). The van der Waals surface area contributed by atoms with Crippen molar-refractivity contribution >= 4 is 0 Å². The molecule has 0 saturated carbocycles. The van der Waals surface area contributed by atoms with Crippen LogP contribution in [0.4, 0.5) is 35.1 Å². The zero-order chi connectivity index (χ0) is 20.4. The molecule has 0 unspecified atom stereocenters. The monoisotopic (exact) mass is 395 g/mol. The van der Waals surface area contributed by atoms with Gasteiger partial charge in [0.2, 0.25) is 5.88 Å². The second kappa shape index (κ2) is 7.45. The molecule has 0 spiro atoms. The summed E-state index contributed by atoms with van der Waals surface area (Å²) in [6.07, 6.45) is -9.07. The van der Waals surface area contributed by atoms with E-state index in [4.69, 9.17) is 0 Å². The highest BCUT2D eigenvalue weighted by Gasteiger charge is 2.38. The predicted octanol–water partition coefficient (Wildman–Crippen LogP) is 3.49. The highest BCUT2D eigenvalue weighted by atomic mass is 19.4. The quantitative estimate of drug-likeness (QED) is 0.731. The zero-order valence-electron chi connectivity index (χ0n) is 13.7. The van der Waals surface area contributed by atoms with Crippen molar-refractivity contribution in [3.05, 3.63) is 22.6 Å². The summed E-state index contributed by atoms with van der Waals surface area (Å²) in [4.78, 5) is 0.901. The summed E-state index contributed by atoms with van der Waals surface area (Å²) < 4.78 is 101. The second-order valence-electron chi connectivity index (χ2n) is 4.90. The van der Waals surface area contributed by atoms with Crippen LogP contribution in [-0.2, 0) is 26.4 Å². The van der Waals surface area contributed by atoms with Crippen molar-refractivity contribution in [2.24, 2.45) is 14.1 Å². The Hall–Kier alpha value is -2.41. The van der Waals surface area contributed by atoms with Crippen LogP contribution in [0.1, 0.15) is 22.6 Å². The third-order valence-electron chi connectivity index (χ3n) is 2.84. The molecule has 14 heteroatoms. The minimum absolute atomic E-state index is 0.0972. The Balaban J connectivity index is 0.000000273. The molecule has 26 heavy (non-hydrogen) atoms. The number of ether oxygens (including phenoxy) is 1. The van der Waals surface area contributed by atoms with Gasteiger partial charge in [0.15, 0.2) is 11.4 Å². The lowest BCUT2D eigenvalue weighted by Crippen LogP contribution is -2.08. The fourth-order valence-electron chi connectivity index (χ4n) is 1.90. The van der Waals surface area contributed by atoms with Crippen molar-refractivity contribution in [2.45, 2.75) is 32.8 Å². The van der Waals surface area contributed by atoms with E-state index in [1.54, 1.807) is 0 Å². The molecule has 2 aromatic rings. The smallest absolute Gasteiger partial charge is 0.417 e. The van der Waals surface area contributed by atoms with Gasteiger partial charge in [0, 0.05) is 19.7 Å². The highest BCUT2D eigenvalue weighted by Crippen LogP contribution is 2.35. The number of aryl methyl sites for hydroxylation is 3. The molecule has 2 heterocycles. The van der Waals surface area contributed by atoms with E-state index in [1.165, 1.54) is 14.0 Å². The molecule has 6 nitrogen and oxygen atoms in total. The Morgan fingerprint density at radius 3 is 1.62 bits per heavy atom. The Kier molecular flexibility index (Phi) is 6.20. The van der Waals surface area contributed by atoms with Gasteiger partial charge in [0.05, 0.1) is 5.69 Å². The average molecular weight is 395 g/mol. The van der Waals surface area contributed by atoms with Crippen LogP contribution in [0.25, 0.3) is 0 Å². The van der Waals surface area contributed by atoms with E-state index >= 15 is 0 Å². The lowest BCUT2D eigenvalue weighted by molar-refractivity contribution is -0.142. The first-order chi connectivity index (χ1) is 11.6. The van der Waals surface area contributed by atoms with Crippen molar-refractivity contribution in [3.63, 3.8) is 0 Å². The molecule has 0 aliphatic rings. The van der Waals surface area contributed by atoms with Gasteiger partial charge < -0.3 is 4.74 Å². The largest absolute Gasteiger partial charge is 0.437 e. The standard InChI is InChI=1S/C7H7F5N2O.C5H6F3N3/c1-3-4(7(10,11)12)13-14(2)5(3)15-6(8)9;1-3-4(5(6,7)8)10-11(2)9-3/h6H,1-2H3;1-2H3. The second-order valence-corrected chi connectivity index (χ2v) is 4.90. The molecule has 0 aliphatic carbocycles. The molecular weight excluding hydrogens is 382 g/mol. The first-order valence-electron chi connectivity index (χ1n) is 6.65. The van der Waals surface area contributed by atoms with Crippen molar-refractivity contribution in [1.29, 1.82) is 0 Å². The van der Waals surface area contributed by atoms with Gasteiger partial charge in [-0.2, -0.15) is 50.1 Å². The Labute approximate surface area is 141 Å². The summed E-state index contributed by atoms with van der Waals surface area (Å²) in [5.74, 6) is -0.586. The maximum Gasteiger partial charge on any atom is 0.437 e. The van der Waals surface area contributed by atoms with Gasteiger partial charge in [0.1, 0.15) is 0 Å².